The highest BCUT2D eigenvalue weighted by atomic mass is 19.4. The number of methoxy groups -OCH3 is 1. The summed E-state index contributed by atoms with van der Waals surface area (Å²) in [6.45, 7) is 3.85. The van der Waals surface area contributed by atoms with E-state index in [1.165, 1.54) is 13.3 Å². The van der Waals surface area contributed by atoms with E-state index in [0.29, 0.717) is 5.69 Å². The fourth-order valence-corrected chi connectivity index (χ4v) is 4.13. The molecule has 0 unspecified atom stereocenters. The second-order valence-electron chi connectivity index (χ2n) is 7.99. The highest BCUT2D eigenvalue weighted by Crippen LogP contribution is 2.38. The molecule has 2 N–H and O–H groups in total. The van der Waals surface area contributed by atoms with Crippen molar-refractivity contribution in [3.63, 3.8) is 0 Å². The Morgan fingerprint density at radius 3 is 2.40 bits per heavy atom. The Labute approximate surface area is 195 Å². The van der Waals surface area contributed by atoms with E-state index in [4.69, 9.17) is 4.74 Å². The van der Waals surface area contributed by atoms with Crippen molar-refractivity contribution in [1.29, 1.82) is 0 Å². The summed E-state index contributed by atoms with van der Waals surface area (Å²) in [5.41, 5.74) is 1.12. The number of carboxylic acids is 1. The smallest absolute Gasteiger partial charge is 0.435 e. The highest BCUT2D eigenvalue weighted by molar-refractivity contribution is 6.19. The molecule has 4 heterocycles. The van der Waals surface area contributed by atoms with E-state index in [1.807, 2.05) is 32.0 Å². The molecule has 0 fully saturated rings. The number of hydrogen-bond donors (Lipinski definition) is 2. The number of aryl methyl sites for hydroxylation is 2. The van der Waals surface area contributed by atoms with Crippen LogP contribution in [0.1, 0.15) is 27.2 Å². The minimum atomic E-state index is -4.77. The quantitative estimate of drug-likeness (QED) is 0.347. The summed E-state index contributed by atoms with van der Waals surface area (Å²) < 4.78 is 47.1. The highest BCUT2D eigenvalue weighted by Gasteiger charge is 2.35. The molecule has 0 spiro atoms. The number of carboxylic acid groups (broad SMARTS) is 1. The SMILES string of the molecule is COc1ncc(C(=O)O)c2c1c1cnc(Nc3cc(C)cc(C)c3)nc1n1nc(C(F)(F)F)cc21. The molecule has 5 rings (SSSR count). The summed E-state index contributed by atoms with van der Waals surface area (Å²) in [6, 6.07) is 6.52. The molecule has 1 aromatic carbocycles. The van der Waals surface area contributed by atoms with Gasteiger partial charge in [-0.1, -0.05) is 6.07 Å². The van der Waals surface area contributed by atoms with E-state index >= 15 is 0 Å². The first kappa shape index (κ1) is 22.3. The number of alkyl halides is 3. The van der Waals surface area contributed by atoms with Crippen molar-refractivity contribution in [2.75, 3.05) is 12.4 Å². The van der Waals surface area contributed by atoms with Crippen molar-refractivity contribution < 1.29 is 27.8 Å². The first-order valence-electron chi connectivity index (χ1n) is 10.3. The summed E-state index contributed by atoms with van der Waals surface area (Å²) in [4.78, 5) is 24.7. The summed E-state index contributed by atoms with van der Waals surface area (Å²) in [5.74, 6) is -1.23. The van der Waals surface area contributed by atoms with Crippen LogP contribution < -0.4 is 10.1 Å². The van der Waals surface area contributed by atoms with Gasteiger partial charge in [-0.3, -0.25) is 0 Å². The van der Waals surface area contributed by atoms with Gasteiger partial charge in [0.2, 0.25) is 11.8 Å². The average molecular weight is 482 g/mol. The maximum atomic E-state index is 13.6. The molecule has 0 amide bonds. The van der Waals surface area contributed by atoms with Crippen molar-refractivity contribution in [3.05, 3.63) is 59.0 Å². The Hall–Kier alpha value is -4.48. The van der Waals surface area contributed by atoms with E-state index in [9.17, 15) is 23.1 Å². The number of ether oxygens (including phenoxy) is 1. The number of halogens is 3. The Morgan fingerprint density at radius 2 is 1.77 bits per heavy atom. The number of rotatable bonds is 4. The Morgan fingerprint density at radius 1 is 1.06 bits per heavy atom. The first-order chi connectivity index (χ1) is 16.6. The Bertz CT molecular complexity index is 1640. The fourth-order valence-electron chi connectivity index (χ4n) is 4.13. The summed E-state index contributed by atoms with van der Waals surface area (Å²) >= 11 is 0. The molecule has 0 atom stereocenters. The molecule has 0 radical (unpaired) electrons. The van der Waals surface area contributed by atoms with Crippen molar-refractivity contribution in [2.24, 2.45) is 0 Å². The number of benzene rings is 1. The molecule has 0 bridgehead atoms. The van der Waals surface area contributed by atoms with Gasteiger partial charge in [-0.15, -0.1) is 0 Å². The van der Waals surface area contributed by atoms with Gasteiger partial charge in [-0.05, 0) is 43.2 Å². The maximum absolute atomic E-state index is 13.6. The third kappa shape index (κ3) is 3.72. The molecule has 0 aliphatic rings. The second-order valence-corrected chi connectivity index (χ2v) is 7.99. The van der Waals surface area contributed by atoms with E-state index < -0.39 is 17.8 Å². The normalized spacial score (nSPS) is 11.9. The van der Waals surface area contributed by atoms with Crippen LogP contribution in [0, 0.1) is 13.8 Å². The van der Waals surface area contributed by atoms with Crippen molar-refractivity contribution >= 4 is 44.9 Å². The van der Waals surface area contributed by atoms with Gasteiger partial charge < -0.3 is 15.2 Å². The average Bonchev–Trinajstić information content (AvgIpc) is 3.24. The number of aromatic nitrogens is 5. The van der Waals surface area contributed by atoms with Crippen LogP contribution in [0.3, 0.4) is 0 Å². The van der Waals surface area contributed by atoms with Crippen LogP contribution in [0.25, 0.3) is 27.3 Å². The van der Waals surface area contributed by atoms with Crippen LogP contribution in [0.2, 0.25) is 0 Å². The predicted molar refractivity (Wildman–Crippen MR) is 121 cm³/mol. The van der Waals surface area contributed by atoms with Gasteiger partial charge in [-0.2, -0.15) is 23.3 Å². The lowest BCUT2D eigenvalue weighted by atomic mass is 10.0. The molecule has 178 valence electrons. The molecule has 0 aliphatic heterocycles. The number of nitrogens with one attached hydrogen (secondary N) is 1. The molecule has 35 heavy (non-hydrogen) atoms. The molecule has 4 aromatic heterocycles. The molecule has 0 aliphatic carbocycles. The van der Waals surface area contributed by atoms with Crippen LogP contribution in [-0.2, 0) is 6.18 Å². The zero-order valence-electron chi connectivity index (χ0n) is 18.6. The van der Waals surface area contributed by atoms with Gasteiger partial charge in [0.15, 0.2) is 11.3 Å². The zero-order valence-corrected chi connectivity index (χ0v) is 18.6. The van der Waals surface area contributed by atoms with Crippen molar-refractivity contribution in [1.82, 2.24) is 24.6 Å². The van der Waals surface area contributed by atoms with Crippen molar-refractivity contribution in [3.8, 4) is 5.88 Å². The zero-order chi connectivity index (χ0) is 25.1. The van der Waals surface area contributed by atoms with Gasteiger partial charge in [0.25, 0.3) is 0 Å². The van der Waals surface area contributed by atoms with Gasteiger partial charge >= 0.3 is 12.1 Å². The minimum Gasteiger partial charge on any atom is -0.481 e. The lowest BCUT2D eigenvalue weighted by Gasteiger charge is -2.13. The second kappa shape index (κ2) is 7.79. The first-order valence-corrected chi connectivity index (χ1v) is 10.3. The number of anilines is 2. The standard InChI is InChI=1S/C23H17F3N6O3/c1-10-4-11(2)6-12(5-10)29-22-28-8-13-18-17(14(21(33)34)9-27-20(18)35-3)15-7-16(23(24,25)26)31-32(15)19(13)30-22/h4-9H,1-3H3,(H,33,34)(H,28,29,30). The molecular formula is C23H17F3N6O3. The fraction of sp³-hybridized carbons (Fsp3) is 0.174. The van der Waals surface area contributed by atoms with Crippen LogP contribution in [0.15, 0.2) is 36.7 Å². The van der Waals surface area contributed by atoms with Crippen molar-refractivity contribution in [2.45, 2.75) is 20.0 Å². The van der Waals surface area contributed by atoms with Crippen LogP contribution in [0.4, 0.5) is 24.8 Å². The number of hydrogen-bond acceptors (Lipinski definition) is 7. The summed E-state index contributed by atoms with van der Waals surface area (Å²) in [5, 5.41) is 16.9. The number of aromatic carboxylic acids is 1. The molecular weight excluding hydrogens is 465 g/mol. The third-order valence-corrected chi connectivity index (χ3v) is 5.44. The van der Waals surface area contributed by atoms with E-state index in [0.717, 1.165) is 27.9 Å². The van der Waals surface area contributed by atoms with Gasteiger partial charge in [0.05, 0.1) is 29.0 Å². The molecule has 12 heteroatoms. The van der Waals surface area contributed by atoms with E-state index in [-0.39, 0.29) is 44.7 Å². The predicted octanol–water partition coefficient (Wildman–Crippen LogP) is 4.91. The Balaban J connectivity index is 1.88. The van der Waals surface area contributed by atoms with Crippen LogP contribution in [-0.4, -0.2) is 42.8 Å². The van der Waals surface area contributed by atoms with Crippen LogP contribution >= 0.6 is 0 Å². The molecule has 9 nitrogen and oxygen atoms in total. The maximum Gasteiger partial charge on any atom is 0.435 e. The molecule has 5 aromatic rings. The molecule has 0 saturated carbocycles. The third-order valence-electron chi connectivity index (χ3n) is 5.44. The van der Waals surface area contributed by atoms with Gasteiger partial charge in [0, 0.05) is 23.5 Å². The number of carbonyl (C=O) groups is 1. The van der Waals surface area contributed by atoms with Gasteiger partial charge in [-0.25, -0.2) is 19.3 Å². The Kier molecular flexibility index (Phi) is 4.97. The monoisotopic (exact) mass is 482 g/mol. The van der Waals surface area contributed by atoms with Gasteiger partial charge in [0.1, 0.15) is 0 Å². The minimum absolute atomic E-state index is 0.0153. The summed E-state index contributed by atoms with van der Waals surface area (Å²) in [7, 11) is 1.33. The van der Waals surface area contributed by atoms with Crippen LogP contribution in [0.5, 0.6) is 5.88 Å². The largest absolute Gasteiger partial charge is 0.481 e. The molecule has 0 saturated heterocycles. The number of pyridine rings is 2. The lowest BCUT2D eigenvalue weighted by molar-refractivity contribution is -0.141. The van der Waals surface area contributed by atoms with E-state index in [1.54, 1.807) is 0 Å². The number of nitrogens with zero attached hydrogens (tertiary/aromatic N) is 5. The summed E-state index contributed by atoms with van der Waals surface area (Å²) in [6.07, 6.45) is -2.36. The topological polar surface area (TPSA) is 115 Å². The van der Waals surface area contributed by atoms with E-state index in [2.05, 4.69) is 25.4 Å². The lowest BCUT2D eigenvalue weighted by Crippen LogP contribution is -2.07. The number of fused-ring (bicyclic) bond motifs is 6.